The van der Waals surface area contributed by atoms with Gasteiger partial charge in [0.25, 0.3) is 11.8 Å². The molecule has 7 heteroatoms. The van der Waals surface area contributed by atoms with Gasteiger partial charge in [0.15, 0.2) is 0 Å². The van der Waals surface area contributed by atoms with Gasteiger partial charge >= 0.3 is 0 Å². The number of methoxy groups -OCH3 is 1. The first kappa shape index (κ1) is 21.8. The van der Waals surface area contributed by atoms with E-state index in [4.69, 9.17) is 4.74 Å². The SMILES string of the molecule is CCNC(=O)c1cccc(NC(=O)c2cn(-c3ccccc3)nc2-c2ccc(OC)cc2)c1. The maximum atomic E-state index is 13.3. The van der Waals surface area contributed by atoms with Gasteiger partial charge in [0.2, 0.25) is 0 Å². The number of ether oxygens (including phenoxy) is 1. The van der Waals surface area contributed by atoms with Gasteiger partial charge in [0, 0.05) is 29.6 Å². The lowest BCUT2D eigenvalue weighted by molar-refractivity contribution is 0.0954. The van der Waals surface area contributed by atoms with Crippen molar-refractivity contribution in [1.29, 1.82) is 0 Å². The summed E-state index contributed by atoms with van der Waals surface area (Å²) in [6.07, 6.45) is 1.71. The van der Waals surface area contributed by atoms with Crippen molar-refractivity contribution in [3.05, 3.63) is 96.2 Å². The normalized spacial score (nSPS) is 10.5. The average molecular weight is 441 g/mol. The van der Waals surface area contributed by atoms with Crippen molar-refractivity contribution in [3.8, 4) is 22.7 Å². The van der Waals surface area contributed by atoms with Gasteiger partial charge in [-0.15, -0.1) is 0 Å². The van der Waals surface area contributed by atoms with E-state index in [0.29, 0.717) is 29.1 Å². The zero-order chi connectivity index (χ0) is 23.2. The Morgan fingerprint density at radius 2 is 1.70 bits per heavy atom. The molecule has 0 saturated heterocycles. The first-order valence-corrected chi connectivity index (χ1v) is 10.6. The molecule has 166 valence electrons. The topological polar surface area (TPSA) is 85.3 Å². The zero-order valence-corrected chi connectivity index (χ0v) is 18.4. The predicted molar refractivity (Wildman–Crippen MR) is 128 cm³/mol. The van der Waals surface area contributed by atoms with E-state index in [1.807, 2.05) is 61.5 Å². The molecule has 4 rings (SSSR count). The van der Waals surface area contributed by atoms with E-state index in [2.05, 4.69) is 15.7 Å². The number of nitrogens with zero attached hydrogens (tertiary/aromatic N) is 2. The lowest BCUT2D eigenvalue weighted by atomic mass is 10.1. The third-order valence-corrected chi connectivity index (χ3v) is 5.06. The van der Waals surface area contributed by atoms with Crippen LogP contribution in [0.15, 0.2) is 85.1 Å². The number of anilines is 1. The molecular formula is C26H24N4O3. The Morgan fingerprint density at radius 1 is 0.939 bits per heavy atom. The monoisotopic (exact) mass is 440 g/mol. The van der Waals surface area contributed by atoms with Crippen LogP contribution in [-0.4, -0.2) is 35.2 Å². The van der Waals surface area contributed by atoms with Crippen LogP contribution < -0.4 is 15.4 Å². The molecule has 1 aromatic heterocycles. The number of hydrogen-bond donors (Lipinski definition) is 2. The van der Waals surface area contributed by atoms with Gasteiger partial charge in [-0.1, -0.05) is 24.3 Å². The summed E-state index contributed by atoms with van der Waals surface area (Å²) in [7, 11) is 1.60. The minimum Gasteiger partial charge on any atom is -0.497 e. The Labute approximate surface area is 192 Å². The van der Waals surface area contributed by atoms with Gasteiger partial charge in [-0.25, -0.2) is 4.68 Å². The maximum Gasteiger partial charge on any atom is 0.259 e. The number of carbonyl (C=O) groups is 2. The number of carbonyl (C=O) groups excluding carboxylic acids is 2. The van der Waals surface area contributed by atoms with E-state index in [0.717, 1.165) is 17.0 Å². The predicted octanol–water partition coefficient (Wildman–Crippen LogP) is 4.55. The summed E-state index contributed by atoms with van der Waals surface area (Å²) in [5.74, 6) is 0.204. The number of nitrogens with one attached hydrogen (secondary N) is 2. The lowest BCUT2D eigenvalue weighted by Gasteiger charge is -2.08. The highest BCUT2D eigenvalue weighted by molar-refractivity contribution is 6.08. The Balaban J connectivity index is 1.69. The van der Waals surface area contributed by atoms with E-state index >= 15 is 0 Å². The highest BCUT2D eigenvalue weighted by Gasteiger charge is 2.19. The fourth-order valence-corrected chi connectivity index (χ4v) is 3.41. The summed E-state index contributed by atoms with van der Waals surface area (Å²) in [6.45, 7) is 2.38. The molecule has 1 heterocycles. The van der Waals surface area contributed by atoms with Crippen LogP contribution in [0.4, 0.5) is 5.69 Å². The smallest absolute Gasteiger partial charge is 0.259 e. The van der Waals surface area contributed by atoms with Crippen molar-refractivity contribution in [2.75, 3.05) is 19.0 Å². The van der Waals surface area contributed by atoms with Crippen LogP contribution in [0.2, 0.25) is 0 Å². The molecule has 0 fully saturated rings. The summed E-state index contributed by atoms with van der Waals surface area (Å²) < 4.78 is 6.93. The van der Waals surface area contributed by atoms with Crippen molar-refractivity contribution in [2.45, 2.75) is 6.92 Å². The number of rotatable bonds is 7. The van der Waals surface area contributed by atoms with Gasteiger partial charge in [0.1, 0.15) is 11.4 Å². The lowest BCUT2D eigenvalue weighted by Crippen LogP contribution is -2.22. The summed E-state index contributed by atoms with van der Waals surface area (Å²) in [4.78, 5) is 25.5. The first-order valence-electron chi connectivity index (χ1n) is 10.6. The molecule has 0 saturated carbocycles. The van der Waals surface area contributed by atoms with Gasteiger partial charge < -0.3 is 15.4 Å². The Hall–Kier alpha value is -4.39. The van der Waals surface area contributed by atoms with Gasteiger partial charge in [-0.2, -0.15) is 5.10 Å². The average Bonchev–Trinajstić information content (AvgIpc) is 3.31. The molecule has 0 aliphatic rings. The molecule has 0 spiro atoms. The Kier molecular flexibility index (Phi) is 6.50. The maximum absolute atomic E-state index is 13.3. The van der Waals surface area contributed by atoms with E-state index in [1.54, 1.807) is 42.3 Å². The van der Waals surface area contributed by atoms with Crippen LogP contribution >= 0.6 is 0 Å². The second kappa shape index (κ2) is 9.82. The molecule has 0 aliphatic carbocycles. The second-order valence-corrected chi connectivity index (χ2v) is 7.29. The standard InChI is InChI=1S/C26H24N4O3/c1-3-27-25(31)19-8-7-9-20(16-19)28-26(32)23-17-30(21-10-5-4-6-11-21)29-24(23)18-12-14-22(33-2)15-13-18/h4-17H,3H2,1-2H3,(H,27,31)(H,28,32). The van der Waals surface area contributed by atoms with Gasteiger partial charge in [-0.05, 0) is 61.5 Å². The van der Waals surface area contributed by atoms with Crippen molar-refractivity contribution in [1.82, 2.24) is 15.1 Å². The van der Waals surface area contributed by atoms with E-state index in [9.17, 15) is 9.59 Å². The van der Waals surface area contributed by atoms with Crippen LogP contribution in [0, 0.1) is 0 Å². The summed E-state index contributed by atoms with van der Waals surface area (Å²) >= 11 is 0. The molecule has 0 unspecified atom stereocenters. The largest absolute Gasteiger partial charge is 0.497 e. The number of hydrogen-bond acceptors (Lipinski definition) is 4. The molecule has 7 nitrogen and oxygen atoms in total. The number of amides is 2. The summed E-state index contributed by atoms with van der Waals surface area (Å²) in [5, 5.41) is 10.3. The molecule has 0 bridgehead atoms. The quantitative estimate of drug-likeness (QED) is 0.442. The molecular weight excluding hydrogens is 416 g/mol. The van der Waals surface area contributed by atoms with Crippen LogP contribution in [0.1, 0.15) is 27.6 Å². The molecule has 33 heavy (non-hydrogen) atoms. The second-order valence-electron chi connectivity index (χ2n) is 7.29. The number of aromatic nitrogens is 2. The minimum atomic E-state index is -0.323. The molecule has 0 radical (unpaired) electrons. The van der Waals surface area contributed by atoms with Crippen LogP contribution in [0.25, 0.3) is 16.9 Å². The van der Waals surface area contributed by atoms with Crippen molar-refractivity contribution < 1.29 is 14.3 Å². The third-order valence-electron chi connectivity index (χ3n) is 5.06. The highest BCUT2D eigenvalue weighted by atomic mass is 16.5. The van der Waals surface area contributed by atoms with Crippen molar-refractivity contribution in [3.63, 3.8) is 0 Å². The van der Waals surface area contributed by atoms with Crippen LogP contribution in [-0.2, 0) is 0 Å². The van der Waals surface area contributed by atoms with E-state index in [-0.39, 0.29) is 11.8 Å². The molecule has 0 aliphatic heterocycles. The number of benzene rings is 3. The van der Waals surface area contributed by atoms with E-state index in [1.165, 1.54) is 0 Å². The summed E-state index contributed by atoms with van der Waals surface area (Å²) in [6, 6.07) is 23.8. The molecule has 2 amide bonds. The molecule has 4 aromatic rings. The Bertz CT molecular complexity index is 1260. The summed E-state index contributed by atoms with van der Waals surface area (Å²) in [5.41, 5.74) is 3.57. The zero-order valence-electron chi connectivity index (χ0n) is 18.4. The fourth-order valence-electron chi connectivity index (χ4n) is 3.41. The van der Waals surface area contributed by atoms with Crippen molar-refractivity contribution >= 4 is 17.5 Å². The molecule has 0 atom stereocenters. The van der Waals surface area contributed by atoms with Crippen LogP contribution in [0.5, 0.6) is 5.75 Å². The van der Waals surface area contributed by atoms with Gasteiger partial charge in [-0.3, -0.25) is 9.59 Å². The molecule has 3 aromatic carbocycles. The minimum absolute atomic E-state index is 0.190. The fraction of sp³-hybridized carbons (Fsp3) is 0.115. The van der Waals surface area contributed by atoms with E-state index < -0.39 is 0 Å². The van der Waals surface area contributed by atoms with Gasteiger partial charge in [0.05, 0.1) is 18.4 Å². The van der Waals surface area contributed by atoms with Crippen LogP contribution in [0.3, 0.4) is 0 Å². The number of para-hydroxylation sites is 1. The first-order chi connectivity index (χ1) is 16.1. The third kappa shape index (κ3) is 4.93. The van der Waals surface area contributed by atoms with Crippen molar-refractivity contribution in [2.24, 2.45) is 0 Å². The molecule has 2 N–H and O–H groups in total. The Morgan fingerprint density at radius 3 is 2.39 bits per heavy atom. The highest BCUT2D eigenvalue weighted by Crippen LogP contribution is 2.27.